The van der Waals surface area contributed by atoms with E-state index in [9.17, 15) is 18.7 Å². The van der Waals surface area contributed by atoms with Crippen molar-refractivity contribution in [3.05, 3.63) is 83.6 Å². The second-order valence-electron chi connectivity index (χ2n) is 9.54. The number of aromatic nitrogens is 1. The molecule has 0 saturated heterocycles. The summed E-state index contributed by atoms with van der Waals surface area (Å²) in [6, 6.07) is 13.8. The number of benzene rings is 2. The molecule has 1 aliphatic rings. The zero-order chi connectivity index (χ0) is 25.8. The second kappa shape index (κ2) is 11.1. The van der Waals surface area contributed by atoms with Crippen LogP contribution in [0.1, 0.15) is 29.8 Å². The predicted molar refractivity (Wildman–Crippen MR) is 134 cm³/mol. The van der Waals surface area contributed by atoms with Gasteiger partial charge in [0, 0.05) is 37.3 Å². The molecule has 0 saturated carbocycles. The fourth-order valence-corrected chi connectivity index (χ4v) is 4.46. The fourth-order valence-electron chi connectivity index (χ4n) is 4.46. The first-order valence-electron chi connectivity index (χ1n) is 12.0. The average Bonchev–Trinajstić information content (AvgIpc) is 2.85. The first-order valence-corrected chi connectivity index (χ1v) is 12.0. The summed E-state index contributed by atoms with van der Waals surface area (Å²) in [4.78, 5) is 21.7. The highest BCUT2D eigenvalue weighted by molar-refractivity contribution is 5.98. The number of aliphatic hydroxyl groups excluding tert-OH is 1. The van der Waals surface area contributed by atoms with Gasteiger partial charge in [0.2, 0.25) is 5.88 Å². The van der Waals surface area contributed by atoms with Crippen molar-refractivity contribution in [2.45, 2.75) is 32.5 Å². The number of carbonyl (C=O) groups is 1. The van der Waals surface area contributed by atoms with Crippen LogP contribution in [0.4, 0.5) is 8.78 Å². The Bertz CT molecular complexity index is 1220. The van der Waals surface area contributed by atoms with Gasteiger partial charge in [0.25, 0.3) is 5.91 Å². The highest BCUT2D eigenvalue weighted by Gasteiger charge is 2.34. The third kappa shape index (κ3) is 5.88. The Kier molecular flexibility index (Phi) is 7.96. The van der Waals surface area contributed by atoms with Crippen molar-refractivity contribution in [3.8, 4) is 17.0 Å². The molecule has 0 aliphatic carbocycles. The number of fused-ring (bicyclic) bond motifs is 1. The van der Waals surface area contributed by atoms with Crippen molar-refractivity contribution >= 4 is 5.91 Å². The Morgan fingerprint density at radius 1 is 1.14 bits per heavy atom. The van der Waals surface area contributed by atoms with E-state index in [1.807, 2.05) is 24.9 Å². The number of aliphatic hydroxyl groups is 1. The van der Waals surface area contributed by atoms with Crippen LogP contribution in [-0.2, 0) is 6.54 Å². The maximum atomic E-state index is 13.8. The number of pyridine rings is 1. The van der Waals surface area contributed by atoms with Gasteiger partial charge in [-0.25, -0.2) is 13.8 Å². The summed E-state index contributed by atoms with van der Waals surface area (Å²) in [5.74, 6) is -0.833. The van der Waals surface area contributed by atoms with Crippen LogP contribution in [0.15, 0.2) is 60.8 Å². The van der Waals surface area contributed by atoms with Crippen LogP contribution >= 0.6 is 0 Å². The Labute approximate surface area is 210 Å². The van der Waals surface area contributed by atoms with E-state index in [0.717, 1.165) is 5.56 Å². The second-order valence-corrected chi connectivity index (χ2v) is 9.54. The van der Waals surface area contributed by atoms with E-state index >= 15 is 0 Å². The largest absolute Gasteiger partial charge is 0.472 e. The van der Waals surface area contributed by atoms with Crippen LogP contribution in [0.2, 0.25) is 0 Å². The number of ether oxygens (including phenoxy) is 1. The van der Waals surface area contributed by atoms with E-state index in [2.05, 4.69) is 4.98 Å². The molecular weight excluding hydrogens is 464 g/mol. The van der Waals surface area contributed by atoms with Gasteiger partial charge in [0.1, 0.15) is 23.3 Å². The van der Waals surface area contributed by atoms with Gasteiger partial charge < -0.3 is 14.7 Å². The first kappa shape index (κ1) is 25.7. The van der Waals surface area contributed by atoms with Crippen molar-refractivity contribution in [2.24, 2.45) is 5.92 Å². The van der Waals surface area contributed by atoms with E-state index in [1.54, 1.807) is 42.3 Å². The molecule has 0 bridgehead atoms. The maximum Gasteiger partial charge on any atom is 0.259 e. The van der Waals surface area contributed by atoms with Gasteiger partial charge in [0.05, 0.1) is 12.6 Å². The molecule has 1 aromatic heterocycles. The number of carbonyl (C=O) groups excluding carboxylic acids is 1. The van der Waals surface area contributed by atoms with Gasteiger partial charge >= 0.3 is 0 Å². The molecule has 2 heterocycles. The number of hydrogen-bond donors (Lipinski definition) is 1. The van der Waals surface area contributed by atoms with Crippen LogP contribution in [0, 0.1) is 17.6 Å². The highest BCUT2D eigenvalue weighted by Crippen LogP contribution is 2.30. The molecular formula is C28H31F2N3O3. The molecule has 0 spiro atoms. The molecule has 0 radical (unpaired) electrons. The van der Waals surface area contributed by atoms with Gasteiger partial charge in [-0.15, -0.1) is 0 Å². The molecule has 1 N–H and O–H groups in total. The smallest absolute Gasteiger partial charge is 0.259 e. The zero-order valence-corrected chi connectivity index (χ0v) is 20.7. The molecule has 2 aromatic carbocycles. The predicted octanol–water partition coefficient (Wildman–Crippen LogP) is 4.38. The zero-order valence-electron chi connectivity index (χ0n) is 20.7. The lowest BCUT2D eigenvalue weighted by Gasteiger charge is -2.37. The van der Waals surface area contributed by atoms with E-state index in [0.29, 0.717) is 30.8 Å². The van der Waals surface area contributed by atoms with Crippen LogP contribution in [0.25, 0.3) is 11.1 Å². The lowest BCUT2D eigenvalue weighted by molar-refractivity contribution is 0.0325. The monoisotopic (exact) mass is 495 g/mol. The highest BCUT2D eigenvalue weighted by atomic mass is 19.1. The SMILES string of the molecule is C[C@H](CO)N1C[C@H](C)[C@H](CN(C)Cc2cccc(F)c2)Oc2ncc(-c3cccc(F)c3)cc2C1=O. The summed E-state index contributed by atoms with van der Waals surface area (Å²) in [5, 5.41) is 9.84. The minimum atomic E-state index is -0.408. The number of halogens is 2. The Morgan fingerprint density at radius 3 is 2.56 bits per heavy atom. The molecule has 3 aromatic rings. The Balaban J connectivity index is 1.65. The van der Waals surface area contributed by atoms with Gasteiger partial charge in [-0.3, -0.25) is 9.69 Å². The normalized spacial score (nSPS) is 18.9. The standard InChI is InChI=1S/C28H31F2N3O3/c1-18-14-33(19(2)17-34)28(35)25-12-22(21-7-5-9-24(30)11-21)13-31-27(25)36-26(18)16-32(3)15-20-6-4-8-23(29)10-20/h4-13,18-19,26,34H,14-17H2,1-3H3/t18-,19+,26-/m0/s1. The molecule has 36 heavy (non-hydrogen) atoms. The third-order valence-electron chi connectivity index (χ3n) is 6.51. The first-order chi connectivity index (χ1) is 17.2. The van der Waals surface area contributed by atoms with Gasteiger partial charge in [0.15, 0.2) is 0 Å². The summed E-state index contributed by atoms with van der Waals surface area (Å²) in [7, 11) is 1.93. The number of hydrogen-bond acceptors (Lipinski definition) is 5. The van der Waals surface area contributed by atoms with E-state index in [4.69, 9.17) is 4.74 Å². The van der Waals surface area contributed by atoms with Crippen molar-refractivity contribution in [1.29, 1.82) is 0 Å². The lowest BCUT2D eigenvalue weighted by Crippen LogP contribution is -2.49. The van der Waals surface area contributed by atoms with Crippen molar-refractivity contribution in [1.82, 2.24) is 14.8 Å². The number of amides is 1. The van der Waals surface area contributed by atoms with Crippen LogP contribution < -0.4 is 4.74 Å². The van der Waals surface area contributed by atoms with Gasteiger partial charge in [-0.1, -0.05) is 31.2 Å². The van der Waals surface area contributed by atoms with Gasteiger partial charge in [-0.2, -0.15) is 0 Å². The minimum absolute atomic E-state index is 0.0734. The molecule has 190 valence electrons. The van der Waals surface area contributed by atoms with Crippen LogP contribution in [0.3, 0.4) is 0 Å². The molecule has 4 rings (SSSR count). The molecule has 0 fully saturated rings. The fraction of sp³-hybridized carbons (Fsp3) is 0.357. The Morgan fingerprint density at radius 2 is 1.86 bits per heavy atom. The summed E-state index contributed by atoms with van der Waals surface area (Å²) in [6.45, 7) is 5.02. The number of likely N-dealkylation sites (N-methyl/N-ethyl adjacent to an activating group) is 1. The molecule has 1 aliphatic heterocycles. The molecule has 1 amide bonds. The maximum absolute atomic E-state index is 13.8. The Hall–Kier alpha value is -3.36. The van der Waals surface area contributed by atoms with Crippen molar-refractivity contribution in [3.63, 3.8) is 0 Å². The molecule has 8 heteroatoms. The average molecular weight is 496 g/mol. The van der Waals surface area contributed by atoms with E-state index in [1.165, 1.54) is 24.3 Å². The van der Waals surface area contributed by atoms with E-state index < -0.39 is 6.04 Å². The van der Waals surface area contributed by atoms with Crippen LogP contribution in [0.5, 0.6) is 5.88 Å². The van der Waals surface area contributed by atoms with Crippen molar-refractivity contribution < 1.29 is 23.4 Å². The molecule has 6 nitrogen and oxygen atoms in total. The topological polar surface area (TPSA) is 65.9 Å². The number of rotatable bonds is 7. The number of nitrogens with zero attached hydrogens (tertiary/aromatic N) is 3. The van der Waals surface area contributed by atoms with Crippen LogP contribution in [-0.4, -0.2) is 64.7 Å². The quantitative estimate of drug-likeness (QED) is 0.527. The summed E-state index contributed by atoms with van der Waals surface area (Å²) in [6.07, 6.45) is 1.25. The summed E-state index contributed by atoms with van der Waals surface area (Å²) in [5.41, 5.74) is 2.30. The summed E-state index contributed by atoms with van der Waals surface area (Å²) >= 11 is 0. The third-order valence-corrected chi connectivity index (χ3v) is 6.51. The molecule has 0 unspecified atom stereocenters. The summed E-state index contributed by atoms with van der Waals surface area (Å²) < 4.78 is 33.8. The minimum Gasteiger partial charge on any atom is -0.472 e. The van der Waals surface area contributed by atoms with Gasteiger partial charge in [-0.05, 0) is 55.4 Å². The van der Waals surface area contributed by atoms with E-state index in [-0.39, 0.29) is 47.6 Å². The molecule has 3 atom stereocenters. The van der Waals surface area contributed by atoms with Crippen molar-refractivity contribution in [2.75, 3.05) is 26.7 Å². The lowest BCUT2D eigenvalue weighted by atomic mass is 9.99.